The van der Waals surface area contributed by atoms with E-state index in [-0.39, 0.29) is 19.8 Å². The summed E-state index contributed by atoms with van der Waals surface area (Å²) in [7, 11) is -4.00. The molecule has 3 nitrogen and oxygen atoms in total. The lowest BCUT2D eigenvalue weighted by molar-refractivity contribution is 0.0715. The zero-order valence-electron chi connectivity index (χ0n) is 8.98. The summed E-state index contributed by atoms with van der Waals surface area (Å²) in [6.45, 7) is 4.82. The highest BCUT2D eigenvalue weighted by Crippen LogP contribution is 2.25. The molecule has 0 saturated carbocycles. The Hall–Kier alpha value is -0.373. The molecule has 0 aliphatic heterocycles. The molecule has 0 radical (unpaired) electrons. The van der Waals surface area contributed by atoms with E-state index in [1.54, 1.807) is 20.8 Å². The third kappa shape index (κ3) is 3.94. The molecule has 0 N–H and O–H groups in total. The van der Waals surface area contributed by atoms with Gasteiger partial charge in [0.1, 0.15) is 0 Å². The summed E-state index contributed by atoms with van der Waals surface area (Å²) < 4.78 is 52.4. The van der Waals surface area contributed by atoms with Gasteiger partial charge < -0.3 is 13.3 Å². The molecule has 0 heterocycles. The maximum Gasteiger partial charge on any atom is 0.572 e. The third-order valence-electron chi connectivity index (χ3n) is 1.44. The predicted molar refractivity (Wildman–Crippen MR) is 51.0 cm³/mol. The fourth-order valence-corrected chi connectivity index (χ4v) is 3.00. The van der Waals surface area contributed by atoms with E-state index in [1.807, 2.05) is 0 Å². The third-order valence-corrected chi connectivity index (χ3v) is 4.17. The molecule has 90 valence electrons. The molecule has 0 amide bonds. The van der Waals surface area contributed by atoms with Crippen LogP contribution in [0.15, 0.2) is 11.5 Å². The fourth-order valence-electron chi connectivity index (χ4n) is 1.00. The van der Waals surface area contributed by atoms with Crippen molar-refractivity contribution in [2.45, 2.75) is 20.8 Å². The molecule has 0 aromatic rings. The summed E-state index contributed by atoms with van der Waals surface area (Å²) in [5.74, 6) is 0. The second-order valence-corrected chi connectivity index (χ2v) is 4.85. The Morgan fingerprint density at radius 1 is 0.867 bits per heavy atom. The van der Waals surface area contributed by atoms with Gasteiger partial charge >= 0.3 is 14.9 Å². The van der Waals surface area contributed by atoms with Crippen LogP contribution in [0.25, 0.3) is 0 Å². The van der Waals surface area contributed by atoms with Gasteiger partial charge in [-0.05, 0) is 20.8 Å². The van der Waals surface area contributed by atoms with Crippen LogP contribution in [0.2, 0.25) is 0 Å². The van der Waals surface area contributed by atoms with Crippen LogP contribution < -0.4 is 0 Å². The van der Waals surface area contributed by atoms with E-state index >= 15 is 0 Å². The van der Waals surface area contributed by atoms with Gasteiger partial charge in [0.15, 0.2) is 0 Å². The highest BCUT2D eigenvalue weighted by Gasteiger charge is 2.49. The van der Waals surface area contributed by atoms with Gasteiger partial charge in [0.25, 0.3) is 0 Å². The summed E-state index contributed by atoms with van der Waals surface area (Å²) in [5.41, 5.74) is -1.70. The largest absolute Gasteiger partial charge is 0.572 e. The van der Waals surface area contributed by atoms with Crippen molar-refractivity contribution in [1.29, 1.82) is 0 Å². The van der Waals surface area contributed by atoms with Crippen LogP contribution in [-0.2, 0) is 13.3 Å². The summed E-state index contributed by atoms with van der Waals surface area (Å²) in [6, 6.07) is 0. The molecule has 15 heavy (non-hydrogen) atoms. The smallest absolute Gasteiger partial charge is 0.369 e. The van der Waals surface area contributed by atoms with E-state index in [9.17, 15) is 13.2 Å². The Morgan fingerprint density at radius 2 is 1.20 bits per heavy atom. The maximum atomic E-state index is 13.2. The van der Waals surface area contributed by atoms with Crippen LogP contribution in [0, 0.1) is 0 Å². The minimum atomic E-state index is -4.00. The van der Waals surface area contributed by atoms with E-state index in [2.05, 4.69) is 0 Å². The van der Waals surface area contributed by atoms with Crippen molar-refractivity contribution in [2.75, 3.05) is 19.8 Å². The SMILES string of the molecule is CCO[Si](OCC)(OCC)C(F)=C(F)F. The molecule has 0 saturated heterocycles. The normalized spacial score (nSPS) is 11.6. The highest BCUT2D eigenvalue weighted by atomic mass is 28.4. The average Bonchev–Trinajstić information content (AvgIpc) is 2.17. The Morgan fingerprint density at radius 3 is 1.40 bits per heavy atom. The maximum absolute atomic E-state index is 13.2. The molecule has 0 spiro atoms. The number of hydrogen-bond acceptors (Lipinski definition) is 3. The zero-order chi connectivity index (χ0) is 11.9. The molecule has 0 aromatic carbocycles. The summed E-state index contributed by atoms with van der Waals surface area (Å²) in [4.78, 5) is 0. The Kier molecular flexibility index (Phi) is 6.82. The molecule has 0 aromatic heterocycles. The molecule has 0 fully saturated rings. The first-order valence-corrected chi connectivity index (χ1v) is 6.39. The van der Waals surface area contributed by atoms with E-state index in [0.717, 1.165) is 0 Å². The molecule has 0 unspecified atom stereocenters. The summed E-state index contributed by atoms with van der Waals surface area (Å²) in [5, 5.41) is 0. The molecule has 0 aliphatic carbocycles. The van der Waals surface area contributed by atoms with E-state index in [4.69, 9.17) is 13.3 Å². The molecule has 0 rings (SSSR count). The molecular weight excluding hydrogens is 229 g/mol. The van der Waals surface area contributed by atoms with E-state index in [1.165, 1.54) is 0 Å². The second kappa shape index (κ2) is 6.99. The lowest BCUT2D eigenvalue weighted by Gasteiger charge is -2.25. The van der Waals surface area contributed by atoms with Crippen LogP contribution >= 0.6 is 0 Å². The van der Waals surface area contributed by atoms with Crippen molar-refractivity contribution in [1.82, 2.24) is 0 Å². The van der Waals surface area contributed by atoms with Crippen molar-refractivity contribution >= 4 is 8.80 Å². The Labute approximate surface area is 88.2 Å². The lowest BCUT2D eigenvalue weighted by atomic mass is 10.9. The van der Waals surface area contributed by atoms with Crippen molar-refractivity contribution in [3.63, 3.8) is 0 Å². The fraction of sp³-hybridized carbons (Fsp3) is 0.750. The van der Waals surface area contributed by atoms with Gasteiger partial charge in [-0.15, -0.1) is 0 Å². The molecule has 0 aliphatic rings. The van der Waals surface area contributed by atoms with Crippen molar-refractivity contribution in [3.05, 3.63) is 11.5 Å². The summed E-state index contributed by atoms with van der Waals surface area (Å²) in [6.07, 6.45) is -2.45. The minimum absolute atomic E-state index is 0.0485. The highest BCUT2D eigenvalue weighted by molar-refractivity contribution is 6.68. The van der Waals surface area contributed by atoms with Gasteiger partial charge in [0.2, 0.25) is 5.45 Å². The first-order chi connectivity index (χ1) is 7.04. The second-order valence-electron chi connectivity index (χ2n) is 2.43. The number of rotatable bonds is 7. The Balaban J connectivity index is 5.00. The van der Waals surface area contributed by atoms with Crippen molar-refractivity contribution < 1.29 is 26.4 Å². The minimum Gasteiger partial charge on any atom is -0.369 e. The average molecular weight is 244 g/mol. The lowest BCUT2D eigenvalue weighted by Crippen LogP contribution is -2.47. The van der Waals surface area contributed by atoms with Crippen molar-refractivity contribution in [2.24, 2.45) is 0 Å². The van der Waals surface area contributed by atoms with Gasteiger partial charge in [-0.1, -0.05) is 0 Å². The van der Waals surface area contributed by atoms with Gasteiger partial charge in [-0.25, -0.2) is 4.39 Å². The van der Waals surface area contributed by atoms with E-state index < -0.39 is 20.3 Å². The van der Waals surface area contributed by atoms with Gasteiger partial charge in [-0.3, -0.25) is 0 Å². The monoisotopic (exact) mass is 244 g/mol. The molecule has 7 heteroatoms. The van der Waals surface area contributed by atoms with Crippen LogP contribution in [0.3, 0.4) is 0 Å². The molecule has 0 atom stereocenters. The first kappa shape index (κ1) is 14.6. The Bertz CT molecular complexity index is 202. The van der Waals surface area contributed by atoms with Gasteiger partial charge in [0, 0.05) is 19.8 Å². The van der Waals surface area contributed by atoms with Gasteiger partial charge in [0.05, 0.1) is 0 Å². The quantitative estimate of drug-likeness (QED) is 0.644. The molecular formula is C8H15F3O3Si. The van der Waals surface area contributed by atoms with Crippen LogP contribution in [0.5, 0.6) is 0 Å². The number of halogens is 3. The van der Waals surface area contributed by atoms with Crippen LogP contribution in [0.4, 0.5) is 13.2 Å². The predicted octanol–water partition coefficient (Wildman–Crippen LogP) is 2.65. The van der Waals surface area contributed by atoms with Crippen LogP contribution in [0.1, 0.15) is 20.8 Å². The van der Waals surface area contributed by atoms with Crippen LogP contribution in [-0.4, -0.2) is 28.6 Å². The van der Waals surface area contributed by atoms with E-state index in [0.29, 0.717) is 0 Å². The standard InChI is InChI=1S/C8H15F3O3Si/c1-4-12-15(13-5-2,14-6-3)8(11)7(9)10/h4-6H2,1-3H3. The van der Waals surface area contributed by atoms with Crippen molar-refractivity contribution in [3.8, 4) is 0 Å². The summed E-state index contributed by atoms with van der Waals surface area (Å²) >= 11 is 0. The van der Waals surface area contributed by atoms with Gasteiger partial charge in [-0.2, -0.15) is 8.78 Å². The first-order valence-electron chi connectivity index (χ1n) is 4.67. The topological polar surface area (TPSA) is 27.7 Å². The zero-order valence-corrected chi connectivity index (χ0v) is 9.98. The number of hydrogen-bond donors (Lipinski definition) is 0. The molecule has 0 bridgehead atoms.